The van der Waals surface area contributed by atoms with Crippen molar-refractivity contribution in [2.75, 3.05) is 0 Å². The molecule has 0 nitrogen and oxygen atoms in total. The van der Waals surface area contributed by atoms with E-state index in [1.165, 1.54) is 59.2 Å². The number of fused-ring (bicyclic) bond motifs is 16. The van der Waals surface area contributed by atoms with Gasteiger partial charge in [-0.2, -0.15) is 0 Å². The van der Waals surface area contributed by atoms with Gasteiger partial charge in [0.2, 0.25) is 0 Å². The van der Waals surface area contributed by atoms with E-state index in [1.54, 1.807) is 44.9 Å². The lowest BCUT2D eigenvalue weighted by molar-refractivity contribution is 0.0263. The highest BCUT2D eigenvalue weighted by molar-refractivity contribution is 5.18. The van der Waals surface area contributed by atoms with Gasteiger partial charge in [0.05, 0.1) is 0 Å². The molecule has 0 aromatic heterocycles. The summed E-state index contributed by atoms with van der Waals surface area (Å²) in [6.07, 6.45) is 11.5. The molecule has 0 saturated heterocycles. The van der Waals surface area contributed by atoms with Crippen LogP contribution in [0.4, 0.5) is 0 Å². The molecule has 8 unspecified atom stereocenters. The molecule has 0 radical (unpaired) electrons. The van der Waals surface area contributed by atoms with E-state index in [-0.39, 0.29) is 0 Å². The fourth-order valence-corrected chi connectivity index (χ4v) is 8.76. The van der Waals surface area contributed by atoms with Gasteiger partial charge >= 0.3 is 0 Å². The van der Waals surface area contributed by atoms with E-state index in [9.17, 15) is 0 Å². The minimum absolute atomic E-state index is 1.21. The van der Waals surface area contributed by atoms with Crippen molar-refractivity contribution in [2.45, 2.75) is 44.9 Å². The van der Waals surface area contributed by atoms with Crippen molar-refractivity contribution >= 4 is 0 Å². The Morgan fingerprint density at radius 3 is 1.12 bits per heavy atom. The second-order valence-electron chi connectivity index (χ2n) is 8.54. The lowest BCUT2D eigenvalue weighted by Gasteiger charge is -2.45. The molecule has 92 valence electrons. The topological polar surface area (TPSA) is 0 Å². The van der Waals surface area contributed by atoms with Crippen LogP contribution in [0.15, 0.2) is 0 Å². The molecule has 6 fully saturated rings. The van der Waals surface area contributed by atoms with Gasteiger partial charge in [-0.25, -0.2) is 0 Å². The van der Waals surface area contributed by atoms with Crippen LogP contribution in [0.25, 0.3) is 0 Å². The fourth-order valence-electron chi connectivity index (χ4n) is 8.76. The summed E-state index contributed by atoms with van der Waals surface area (Å²) >= 11 is 0. The highest BCUT2D eigenvalue weighted by atomic mass is 14.7. The van der Waals surface area contributed by atoms with Gasteiger partial charge in [0, 0.05) is 0 Å². The summed E-state index contributed by atoms with van der Waals surface area (Å²) in [5, 5.41) is 0. The predicted octanol–water partition coefficient (Wildman–Crippen LogP) is 3.96. The standard InChI is InChI=1S/C17H24/c1-2-9-5-8(1)14-12-7-13(15(9)14)17-11-4-3-10(6-11)16(12)17/h8-17H,1-7H2. The Kier molecular flexibility index (Phi) is 1.39. The van der Waals surface area contributed by atoms with E-state index in [2.05, 4.69) is 0 Å². The Bertz CT molecular complexity index is 317. The van der Waals surface area contributed by atoms with Crippen LogP contribution in [-0.2, 0) is 0 Å². The molecule has 0 spiro atoms. The molecule has 0 aliphatic heterocycles. The van der Waals surface area contributed by atoms with E-state index in [1.807, 2.05) is 0 Å². The Morgan fingerprint density at radius 1 is 0.412 bits per heavy atom. The van der Waals surface area contributed by atoms with Crippen LogP contribution in [-0.4, -0.2) is 0 Å². The Morgan fingerprint density at radius 2 is 0.765 bits per heavy atom. The summed E-state index contributed by atoms with van der Waals surface area (Å²) in [4.78, 5) is 0. The highest BCUT2D eigenvalue weighted by Crippen LogP contribution is 2.76. The van der Waals surface area contributed by atoms with Crippen LogP contribution in [0.2, 0.25) is 0 Å². The molecule has 0 aromatic rings. The number of rotatable bonds is 0. The van der Waals surface area contributed by atoms with Crippen molar-refractivity contribution < 1.29 is 0 Å². The van der Waals surface area contributed by atoms with Crippen molar-refractivity contribution in [3.63, 3.8) is 0 Å². The first-order chi connectivity index (χ1) is 8.42. The third-order valence-electron chi connectivity index (χ3n) is 8.62. The summed E-state index contributed by atoms with van der Waals surface area (Å²) in [5.41, 5.74) is 0. The molecule has 6 bridgehead atoms. The number of hydrogen-bond acceptors (Lipinski definition) is 0. The average molecular weight is 228 g/mol. The van der Waals surface area contributed by atoms with Crippen LogP contribution in [0, 0.1) is 59.2 Å². The first kappa shape index (κ1) is 8.99. The second kappa shape index (κ2) is 2.63. The minimum Gasteiger partial charge on any atom is -0.0499 e. The Balaban J connectivity index is 1.47. The molecule has 0 heteroatoms. The fraction of sp³-hybridized carbons (Fsp3) is 1.00. The number of hydrogen-bond donors (Lipinski definition) is 0. The van der Waals surface area contributed by atoms with Gasteiger partial charge in [-0.3, -0.25) is 0 Å². The molecule has 0 aromatic carbocycles. The smallest absolute Gasteiger partial charge is 0.0321 e. The van der Waals surface area contributed by atoms with Crippen LogP contribution in [0.1, 0.15) is 44.9 Å². The van der Waals surface area contributed by atoms with Gasteiger partial charge in [-0.15, -0.1) is 0 Å². The van der Waals surface area contributed by atoms with E-state index >= 15 is 0 Å². The average Bonchev–Trinajstić information content (AvgIpc) is 3.14. The van der Waals surface area contributed by atoms with Crippen molar-refractivity contribution in [2.24, 2.45) is 59.2 Å². The molecule has 17 heavy (non-hydrogen) atoms. The zero-order valence-electron chi connectivity index (χ0n) is 10.7. The maximum absolute atomic E-state index is 1.70. The SMILES string of the molecule is C1CC2CC1C1C3CC(C21)C1C2CCC(C2)C31. The van der Waals surface area contributed by atoms with Gasteiger partial charge in [0.1, 0.15) is 0 Å². The quantitative estimate of drug-likeness (QED) is 0.551. The van der Waals surface area contributed by atoms with Gasteiger partial charge in [0.15, 0.2) is 0 Å². The molecular weight excluding hydrogens is 204 g/mol. The zero-order valence-corrected chi connectivity index (χ0v) is 10.7. The van der Waals surface area contributed by atoms with Crippen molar-refractivity contribution in [1.29, 1.82) is 0 Å². The lowest BCUT2D eigenvalue weighted by atomic mass is 9.60. The summed E-state index contributed by atoms with van der Waals surface area (Å²) in [5.74, 6) is 12.3. The molecule has 6 rings (SSSR count). The third-order valence-corrected chi connectivity index (χ3v) is 8.62. The van der Waals surface area contributed by atoms with Gasteiger partial charge in [-0.05, 0) is 104 Å². The molecule has 0 heterocycles. The van der Waals surface area contributed by atoms with E-state index in [0.29, 0.717) is 0 Å². The molecular formula is C17H24. The molecule has 0 amide bonds. The van der Waals surface area contributed by atoms with Crippen LogP contribution >= 0.6 is 0 Å². The van der Waals surface area contributed by atoms with E-state index in [4.69, 9.17) is 0 Å². The highest BCUT2D eigenvalue weighted by Gasteiger charge is 2.70. The predicted molar refractivity (Wildman–Crippen MR) is 67.2 cm³/mol. The molecule has 6 aliphatic rings. The van der Waals surface area contributed by atoms with Gasteiger partial charge < -0.3 is 0 Å². The first-order valence-corrected chi connectivity index (χ1v) is 8.42. The third kappa shape index (κ3) is 0.816. The van der Waals surface area contributed by atoms with Gasteiger partial charge in [0.25, 0.3) is 0 Å². The van der Waals surface area contributed by atoms with Crippen molar-refractivity contribution in [3.05, 3.63) is 0 Å². The lowest BCUT2D eigenvalue weighted by Crippen LogP contribution is -2.40. The first-order valence-electron chi connectivity index (χ1n) is 8.42. The van der Waals surface area contributed by atoms with E-state index in [0.717, 1.165) is 0 Å². The summed E-state index contributed by atoms with van der Waals surface area (Å²) < 4.78 is 0. The molecule has 8 atom stereocenters. The largest absolute Gasteiger partial charge is 0.0499 e. The summed E-state index contributed by atoms with van der Waals surface area (Å²) in [7, 11) is 0. The summed E-state index contributed by atoms with van der Waals surface area (Å²) in [6.45, 7) is 0. The van der Waals surface area contributed by atoms with Crippen molar-refractivity contribution in [3.8, 4) is 0 Å². The minimum atomic E-state index is 1.21. The molecule has 6 saturated carbocycles. The van der Waals surface area contributed by atoms with Crippen LogP contribution < -0.4 is 0 Å². The van der Waals surface area contributed by atoms with Crippen LogP contribution in [0.3, 0.4) is 0 Å². The maximum Gasteiger partial charge on any atom is -0.0321 e. The second-order valence-corrected chi connectivity index (χ2v) is 8.54. The molecule has 0 N–H and O–H groups in total. The van der Waals surface area contributed by atoms with Crippen molar-refractivity contribution in [1.82, 2.24) is 0 Å². The van der Waals surface area contributed by atoms with E-state index < -0.39 is 0 Å². The van der Waals surface area contributed by atoms with Crippen LogP contribution in [0.5, 0.6) is 0 Å². The van der Waals surface area contributed by atoms with Gasteiger partial charge in [-0.1, -0.05) is 0 Å². The zero-order chi connectivity index (χ0) is 10.7. The monoisotopic (exact) mass is 228 g/mol. The Labute approximate surface area is 105 Å². The summed E-state index contributed by atoms with van der Waals surface area (Å²) in [6, 6.07) is 0. The normalized spacial score (nSPS) is 73.4. The Hall–Kier alpha value is 0. The molecule has 6 aliphatic carbocycles. The maximum atomic E-state index is 1.70.